The average Bonchev–Trinajstić information content (AvgIpc) is 2.52. The van der Waals surface area contributed by atoms with E-state index >= 15 is 0 Å². The van der Waals surface area contributed by atoms with Gasteiger partial charge in [0.15, 0.2) is 0 Å². The van der Waals surface area contributed by atoms with Gasteiger partial charge in [-0.05, 0) is 31.2 Å². The molecular weight excluding hydrogens is 409 g/mol. The summed E-state index contributed by atoms with van der Waals surface area (Å²) < 4.78 is 26.9. The van der Waals surface area contributed by atoms with Crippen LogP contribution in [-0.2, 0) is 14.8 Å². The number of aryl methyl sites for hydroxylation is 1. The molecular formula is C16H14Cl3NO4S. The second kappa shape index (κ2) is 7.83. The van der Waals surface area contributed by atoms with Crippen molar-refractivity contribution in [3.8, 4) is 0 Å². The Hall–Kier alpha value is -1.47. The standard InChI is InChI=1S/C16H14Cl3NO4S/c1-10-2-4-11(5-3-10)25(23,24)20(7-6-16(21)22)15-9-13(18)12(17)8-14(15)19/h2-5,8-9H,6-7H2,1H3,(H,21,22). The van der Waals surface area contributed by atoms with Crippen molar-refractivity contribution in [3.05, 3.63) is 57.0 Å². The first-order chi connectivity index (χ1) is 11.6. The molecule has 2 rings (SSSR count). The molecule has 0 fully saturated rings. The summed E-state index contributed by atoms with van der Waals surface area (Å²) in [7, 11) is -4.03. The van der Waals surface area contributed by atoms with Gasteiger partial charge < -0.3 is 5.11 Å². The number of sulfonamides is 1. The van der Waals surface area contributed by atoms with Gasteiger partial charge in [-0.3, -0.25) is 9.10 Å². The molecule has 134 valence electrons. The molecule has 5 nitrogen and oxygen atoms in total. The molecule has 0 aliphatic carbocycles. The lowest BCUT2D eigenvalue weighted by molar-refractivity contribution is -0.136. The number of hydrogen-bond donors (Lipinski definition) is 1. The Bertz CT molecular complexity index is 898. The zero-order valence-corrected chi connectivity index (χ0v) is 16.1. The number of halogens is 3. The van der Waals surface area contributed by atoms with Crippen molar-refractivity contribution in [1.82, 2.24) is 0 Å². The molecule has 0 saturated heterocycles. The normalized spacial score (nSPS) is 11.4. The number of hydrogen-bond acceptors (Lipinski definition) is 3. The van der Waals surface area contributed by atoms with E-state index in [0.29, 0.717) is 0 Å². The fraction of sp³-hybridized carbons (Fsp3) is 0.188. The highest BCUT2D eigenvalue weighted by molar-refractivity contribution is 7.92. The van der Waals surface area contributed by atoms with Crippen LogP contribution in [0.2, 0.25) is 15.1 Å². The molecule has 0 aliphatic heterocycles. The van der Waals surface area contributed by atoms with E-state index in [1.807, 2.05) is 6.92 Å². The quantitative estimate of drug-likeness (QED) is 0.689. The first-order valence-electron chi connectivity index (χ1n) is 7.08. The minimum absolute atomic E-state index is 0.0191. The zero-order chi connectivity index (χ0) is 18.8. The zero-order valence-electron chi connectivity index (χ0n) is 13.0. The van der Waals surface area contributed by atoms with Gasteiger partial charge in [-0.2, -0.15) is 0 Å². The Morgan fingerprint density at radius 1 is 1.04 bits per heavy atom. The molecule has 0 bridgehead atoms. The van der Waals surface area contributed by atoms with E-state index in [-0.39, 0.29) is 32.2 Å². The van der Waals surface area contributed by atoms with Crippen molar-refractivity contribution >= 4 is 56.5 Å². The van der Waals surface area contributed by atoms with Gasteiger partial charge in [-0.1, -0.05) is 52.5 Å². The summed E-state index contributed by atoms with van der Waals surface area (Å²) in [5.74, 6) is -1.14. The lowest BCUT2D eigenvalue weighted by Gasteiger charge is -2.25. The van der Waals surface area contributed by atoms with Crippen LogP contribution < -0.4 is 4.31 Å². The summed E-state index contributed by atoms with van der Waals surface area (Å²) in [6.07, 6.45) is -0.401. The predicted molar refractivity (Wildman–Crippen MR) is 99.4 cm³/mol. The van der Waals surface area contributed by atoms with Crippen molar-refractivity contribution in [1.29, 1.82) is 0 Å². The van der Waals surface area contributed by atoms with Crippen LogP contribution in [0.3, 0.4) is 0 Å². The summed E-state index contributed by atoms with van der Waals surface area (Å²) in [5, 5.41) is 9.28. The van der Waals surface area contributed by atoms with E-state index < -0.39 is 22.4 Å². The van der Waals surface area contributed by atoms with Gasteiger partial charge in [0.25, 0.3) is 10.0 Å². The summed E-state index contributed by atoms with van der Waals surface area (Å²) >= 11 is 18.0. The number of aliphatic carboxylic acids is 1. The molecule has 2 aromatic carbocycles. The molecule has 2 aromatic rings. The molecule has 0 radical (unpaired) electrons. The Balaban J connectivity index is 2.58. The second-order valence-electron chi connectivity index (χ2n) is 5.25. The van der Waals surface area contributed by atoms with Crippen LogP contribution in [-0.4, -0.2) is 26.0 Å². The predicted octanol–water partition coefficient (Wildman–Crippen LogP) is 4.63. The van der Waals surface area contributed by atoms with Gasteiger partial charge in [-0.25, -0.2) is 8.42 Å². The van der Waals surface area contributed by atoms with Gasteiger partial charge in [0, 0.05) is 6.54 Å². The van der Waals surface area contributed by atoms with E-state index in [1.54, 1.807) is 12.1 Å². The fourth-order valence-electron chi connectivity index (χ4n) is 2.11. The van der Waals surface area contributed by atoms with E-state index in [2.05, 4.69) is 0 Å². The number of carboxylic acid groups (broad SMARTS) is 1. The number of rotatable bonds is 6. The molecule has 0 aliphatic rings. The van der Waals surface area contributed by atoms with Crippen LogP contribution in [0, 0.1) is 6.92 Å². The molecule has 0 heterocycles. The number of nitrogens with zero attached hydrogens (tertiary/aromatic N) is 1. The van der Waals surface area contributed by atoms with Crippen molar-refractivity contribution in [2.24, 2.45) is 0 Å². The van der Waals surface area contributed by atoms with E-state index in [1.165, 1.54) is 24.3 Å². The summed E-state index contributed by atoms with van der Waals surface area (Å²) in [5.41, 5.74) is 0.960. The molecule has 0 amide bonds. The van der Waals surface area contributed by atoms with Crippen molar-refractivity contribution in [2.75, 3.05) is 10.8 Å². The summed E-state index contributed by atoms with van der Waals surface area (Å²) in [6.45, 7) is 1.53. The van der Waals surface area contributed by atoms with E-state index in [4.69, 9.17) is 39.9 Å². The van der Waals surface area contributed by atoms with Crippen LogP contribution in [0.4, 0.5) is 5.69 Å². The number of carboxylic acids is 1. The number of benzene rings is 2. The lowest BCUT2D eigenvalue weighted by Crippen LogP contribution is -2.33. The highest BCUT2D eigenvalue weighted by Gasteiger charge is 2.27. The Kier molecular flexibility index (Phi) is 6.21. The average molecular weight is 423 g/mol. The lowest BCUT2D eigenvalue weighted by atomic mass is 10.2. The van der Waals surface area contributed by atoms with E-state index in [0.717, 1.165) is 9.87 Å². The topological polar surface area (TPSA) is 74.7 Å². The third-order valence-corrected chi connectivity index (χ3v) is 6.25. The van der Waals surface area contributed by atoms with Crippen LogP contribution in [0.1, 0.15) is 12.0 Å². The van der Waals surface area contributed by atoms with Gasteiger partial charge in [0.2, 0.25) is 0 Å². The van der Waals surface area contributed by atoms with Crippen molar-refractivity contribution in [3.63, 3.8) is 0 Å². The molecule has 0 atom stereocenters. The third kappa shape index (κ3) is 4.58. The van der Waals surface area contributed by atoms with E-state index in [9.17, 15) is 13.2 Å². The smallest absolute Gasteiger partial charge is 0.305 e. The van der Waals surface area contributed by atoms with Gasteiger partial charge in [-0.15, -0.1) is 0 Å². The van der Waals surface area contributed by atoms with Gasteiger partial charge in [0.1, 0.15) is 0 Å². The SMILES string of the molecule is Cc1ccc(S(=O)(=O)N(CCC(=O)O)c2cc(Cl)c(Cl)cc2Cl)cc1. The Morgan fingerprint density at radius 3 is 2.16 bits per heavy atom. The molecule has 0 spiro atoms. The maximum Gasteiger partial charge on any atom is 0.305 e. The number of anilines is 1. The van der Waals surface area contributed by atoms with Crippen molar-refractivity contribution in [2.45, 2.75) is 18.2 Å². The molecule has 1 N–H and O–H groups in total. The Labute approximate surface area is 160 Å². The Morgan fingerprint density at radius 2 is 1.60 bits per heavy atom. The molecule has 0 unspecified atom stereocenters. The molecule has 25 heavy (non-hydrogen) atoms. The maximum absolute atomic E-state index is 13.0. The molecule has 0 aromatic heterocycles. The largest absolute Gasteiger partial charge is 0.481 e. The molecule has 9 heteroatoms. The highest BCUT2D eigenvalue weighted by Crippen LogP contribution is 2.37. The summed E-state index contributed by atoms with van der Waals surface area (Å²) in [6, 6.07) is 8.82. The maximum atomic E-state index is 13.0. The number of carbonyl (C=O) groups is 1. The van der Waals surface area contributed by atoms with Crippen LogP contribution in [0.5, 0.6) is 0 Å². The van der Waals surface area contributed by atoms with Crippen molar-refractivity contribution < 1.29 is 18.3 Å². The minimum atomic E-state index is -4.03. The van der Waals surface area contributed by atoms with Crippen LogP contribution in [0.15, 0.2) is 41.3 Å². The monoisotopic (exact) mass is 421 g/mol. The fourth-order valence-corrected chi connectivity index (χ4v) is 4.28. The summed E-state index contributed by atoms with van der Waals surface area (Å²) in [4.78, 5) is 11.0. The molecule has 0 saturated carbocycles. The minimum Gasteiger partial charge on any atom is -0.481 e. The van der Waals surface area contributed by atoms with Gasteiger partial charge >= 0.3 is 5.97 Å². The highest BCUT2D eigenvalue weighted by atomic mass is 35.5. The van der Waals surface area contributed by atoms with Gasteiger partial charge in [0.05, 0.1) is 32.1 Å². The van der Waals surface area contributed by atoms with Crippen LogP contribution in [0.25, 0.3) is 0 Å². The van der Waals surface area contributed by atoms with Crippen LogP contribution >= 0.6 is 34.8 Å². The third-order valence-electron chi connectivity index (χ3n) is 3.40. The second-order valence-corrected chi connectivity index (χ2v) is 8.34. The first-order valence-corrected chi connectivity index (χ1v) is 9.66. The first kappa shape index (κ1) is 19.8.